The Bertz CT molecular complexity index is 265. The van der Waals surface area contributed by atoms with Crippen LogP contribution in [0.5, 0.6) is 0 Å². The molecule has 0 amide bonds. The van der Waals surface area contributed by atoms with E-state index >= 15 is 0 Å². The van der Waals surface area contributed by atoms with Crippen LogP contribution in [0.25, 0.3) is 0 Å². The molecule has 2 unspecified atom stereocenters. The van der Waals surface area contributed by atoms with Crippen LogP contribution in [0, 0.1) is 5.92 Å². The van der Waals surface area contributed by atoms with E-state index in [2.05, 4.69) is 32.9 Å². The molecule has 0 spiro atoms. The van der Waals surface area contributed by atoms with Crippen LogP contribution in [0.1, 0.15) is 36.9 Å². The molecule has 0 radical (unpaired) electrons. The number of hydrogen-bond donors (Lipinski definition) is 1. The van der Waals surface area contributed by atoms with Crippen molar-refractivity contribution in [2.75, 3.05) is 0 Å². The highest BCUT2D eigenvalue weighted by molar-refractivity contribution is 7.11. The van der Waals surface area contributed by atoms with E-state index in [1.165, 1.54) is 16.2 Å². The van der Waals surface area contributed by atoms with Crippen LogP contribution in [-0.2, 0) is 12.8 Å². The molecule has 0 aromatic carbocycles. The zero-order chi connectivity index (χ0) is 10.6. The Labute approximate surface area is 91.3 Å². The van der Waals surface area contributed by atoms with E-state index < -0.39 is 0 Å². The van der Waals surface area contributed by atoms with Crippen molar-refractivity contribution in [3.8, 4) is 0 Å². The Kier molecular flexibility index (Phi) is 4.63. The van der Waals surface area contributed by atoms with E-state index in [9.17, 15) is 0 Å². The number of hydrogen-bond acceptors (Lipinski definition) is 2. The van der Waals surface area contributed by atoms with Crippen molar-refractivity contribution in [1.29, 1.82) is 0 Å². The SMILES string of the molecule is CCc1ccc(CC(C)CC(C)N)s1. The van der Waals surface area contributed by atoms with Gasteiger partial charge in [-0.3, -0.25) is 0 Å². The fourth-order valence-corrected chi connectivity index (χ4v) is 2.90. The third-order valence-corrected chi connectivity index (χ3v) is 3.64. The highest BCUT2D eigenvalue weighted by atomic mass is 32.1. The number of thiophene rings is 1. The lowest BCUT2D eigenvalue weighted by molar-refractivity contribution is 0.482. The van der Waals surface area contributed by atoms with E-state index in [-0.39, 0.29) is 0 Å². The summed E-state index contributed by atoms with van der Waals surface area (Å²) in [6.45, 7) is 6.58. The summed E-state index contributed by atoms with van der Waals surface area (Å²) >= 11 is 1.95. The predicted molar refractivity (Wildman–Crippen MR) is 64.8 cm³/mol. The van der Waals surface area contributed by atoms with Crippen molar-refractivity contribution in [1.82, 2.24) is 0 Å². The van der Waals surface area contributed by atoms with E-state index in [1.54, 1.807) is 0 Å². The maximum atomic E-state index is 5.78. The van der Waals surface area contributed by atoms with Gasteiger partial charge in [0.1, 0.15) is 0 Å². The normalized spacial score (nSPS) is 15.4. The molecule has 0 saturated carbocycles. The van der Waals surface area contributed by atoms with Gasteiger partial charge in [-0.1, -0.05) is 13.8 Å². The molecule has 80 valence electrons. The molecular formula is C12H21NS. The van der Waals surface area contributed by atoms with Gasteiger partial charge in [0.25, 0.3) is 0 Å². The van der Waals surface area contributed by atoms with Gasteiger partial charge in [0.05, 0.1) is 0 Å². The van der Waals surface area contributed by atoms with Crippen LogP contribution in [-0.4, -0.2) is 6.04 Å². The van der Waals surface area contributed by atoms with Crippen LogP contribution < -0.4 is 5.73 Å². The highest BCUT2D eigenvalue weighted by Gasteiger charge is 2.07. The summed E-state index contributed by atoms with van der Waals surface area (Å²) in [5.74, 6) is 0.707. The molecule has 0 aliphatic carbocycles. The fourth-order valence-electron chi connectivity index (χ4n) is 1.78. The Morgan fingerprint density at radius 3 is 2.43 bits per heavy atom. The van der Waals surface area contributed by atoms with Crippen molar-refractivity contribution in [2.45, 2.75) is 46.1 Å². The Hall–Kier alpha value is -0.340. The largest absolute Gasteiger partial charge is 0.328 e. The molecule has 2 atom stereocenters. The van der Waals surface area contributed by atoms with Gasteiger partial charge in [-0.15, -0.1) is 11.3 Å². The minimum atomic E-state index is 0.329. The first kappa shape index (κ1) is 11.7. The standard InChI is InChI=1S/C12H21NS/c1-4-11-5-6-12(14-11)8-9(2)7-10(3)13/h5-6,9-10H,4,7-8,13H2,1-3H3. The van der Waals surface area contributed by atoms with E-state index in [0.29, 0.717) is 12.0 Å². The zero-order valence-electron chi connectivity index (χ0n) is 9.42. The van der Waals surface area contributed by atoms with Crippen LogP contribution >= 0.6 is 11.3 Å². The molecule has 2 N–H and O–H groups in total. The van der Waals surface area contributed by atoms with Crippen molar-refractivity contribution >= 4 is 11.3 Å². The minimum absolute atomic E-state index is 0.329. The summed E-state index contributed by atoms with van der Waals surface area (Å²) in [4.78, 5) is 3.00. The van der Waals surface area contributed by atoms with Gasteiger partial charge in [0.2, 0.25) is 0 Å². The molecule has 1 aromatic rings. The first-order chi connectivity index (χ1) is 6.61. The molecule has 2 heteroatoms. The Morgan fingerprint density at radius 1 is 1.29 bits per heavy atom. The summed E-state index contributed by atoms with van der Waals surface area (Å²) in [6, 6.07) is 4.84. The first-order valence-corrected chi connectivity index (χ1v) is 6.26. The first-order valence-electron chi connectivity index (χ1n) is 5.45. The van der Waals surface area contributed by atoms with Gasteiger partial charge < -0.3 is 5.73 Å². The summed E-state index contributed by atoms with van der Waals surface area (Å²) in [5.41, 5.74) is 5.78. The van der Waals surface area contributed by atoms with Gasteiger partial charge in [0, 0.05) is 15.8 Å². The van der Waals surface area contributed by atoms with Gasteiger partial charge >= 0.3 is 0 Å². The Morgan fingerprint density at radius 2 is 1.93 bits per heavy atom. The molecule has 1 rings (SSSR count). The zero-order valence-corrected chi connectivity index (χ0v) is 10.2. The molecule has 0 aliphatic heterocycles. The quantitative estimate of drug-likeness (QED) is 0.795. The second kappa shape index (κ2) is 5.52. The predicted octanol–water partition coefficient (Wildman–Crippen LogP) is 3.23. The molecule has 0 saturated heterocycles. The van der Waals surface area contributed by atoms with Crippen molar-refractivity contribution in [3.05, 3.63) is 21.9 Å². The fraction of sp³-hybridized carbons (Fsp3) is 0.667. The summed E-state index contributed by atoms with van der Waals surface area (Å²) < 4.78 is 0. The lowest BCUT2D eigenvalue weighted by Gasteiger charge is -2.12. The second-order valence-electron chi connectivity index (χ2n) is 4.24. The minimum Gasteiger partial charge on any atom is -0.328 e. The molecule has 1 aromatic heterocycles. The average Bonchev–Trinajstić information content (AvgIpc) is 2.50. The monoisotopic (exact) mass is 211 g/mol. The summed E-state index contributed by atoms with van der Waals surface area (Å²) in [6.07, 6.45) is 3.47. The molecule has 0 fully saturated rings. The maximum absolute atomic E-state index is 5.78. The average molecular weight is 211 g/mol. The lowest BCUT2D eigenvalue weighted by atomic mass is 9.99. The van der Waals surface area contributed by atoms with Crippen LogP contribution in [0.2, 0.25) is 0 Å². The second-order valence-corrected chi connectivity index (χ2v) is 5.50. The summed E-state index contributed by atoms with van der Waals surface area (Å²) in [7, 11) is 0. The van der Waals surface area contributed by atoms with Crippen LogP contribution in [0.15, 0.2) is 12.1 Å². The Balaban J connectivity index is 2.43. The molecule has 1 heterocycles. The van der Waals surface area contributed by atoms with E-state index in [1.807, 2.05) is 11.3 Å². The molecular weight excluding hydrogens is 190 g/mol. The molecule has 14 heavy (non-hydrogen) atoms. The third kappa shape index (κ3) is 3.81. The third-order valence-electron chi connectivity index (χ3n) is 2.39. The highest BCUT2D eigenvalue weighted by Crippen LogP contribution is 2.21. The topological polar surface area (TPSA) is 26.0 Å². The van der Waals surface area contributed by atoms with E-state index in [0.717, 1.165) is 12.8 Å². The smallest absolute Gasteiger partial charge is 0.00508 e. The van der Waals surface area contributed by atoms with Gasteiger partial charge in [-0.25, -0.2) is 0 Å². The maximum Gasteiger partial charge on any atom is 0.00508 e. The number of aryl methyl sites for hydroxylation is 1. The van der Waals surface area contributed by atoms with Gasteiger partial charge in [0.15, 0.2) is 0 Å². The molecule has 1 nitrogen and oxygen atoms in total. The van der Waals surface area contributed by atoms with Gasteiger partial charge in [-0.05, 0) is 44.2 Å². The van der Waals surface area contributed by atoms with Crippen molar-refractivity contribution in [3.63, 3.8) is 0 Å². The van der Waals surface area contributed by atoms with Crippen LogP contribution in [0.4, 0.5) is 0 Å². The summed E-state index contributed by atoms with van der Waals surface area (Å²) in [5, 5.41) is 0. The molecule has 0 aliphatic rings. The van der Waals surface area contributed by atoms with Crippen molar-refractivity contribution in [2.24, 2.45) is 11.7 Å². The van der Waals surface area contributed by atoms with Gasteiger partial charge in [-0.2, -0.15) is 0 Å². The molecule has 0 bridgehead atoms. The number of rotatable bonds is 5. The lowest BCUT2D eigenvalue weighted by Crippen LogP contribution is -2.19. The number of nitrogens with two attached hydrogens (primary N) is 1. The van der Waals surface area contributed by atoms with Crippen LogP contribution in [0.3, 0.4) is 0 Å². The van der Waals surface area contributed by atoms with E-state index in [4.69, 9.17) is 5.73 Å². The van der Waals surface area contributed by atoms with Crippen molar-refractivity contribution < 1.29 is 0 Å².